The van der Waals surface area contributed by atoms with Crippen molar-refractivity contribution in [2.75, 3.05) is 13.7 Å². The highest BCUT2D eigenvalue weighted by Gasteiger charge is 2.21. The van der Waals surface area contributed by atoms with Crippen LogP contribution in [-0.4, -0.2) is 39.0 Å². The molecule has 0 radical (unpaired) electrons. The Labute approximate surface area is 176 Å². The molecule has 0 aliphatic carbocycles. The van der Waals surface area contributed by atoms with Crippen LogP contribution in [0.1, 0.15) is 49.3 Å². The average molecular weight is 415 g/mol. The number of aryl methyl sites for hydroxylation is 1. The molecule has 3 aromatic rings. The van der Waals surface area contributed by atoms with E-state index >= 15 is 0 Å². The number of benzene rings is 1. The molecule has 0 bridgehead atoms. The Balaban J connectivity index is 1.93. The van der Waals surface area contributed by atoms with Gasteiger partial charge in [0.2, 0.25) is 0 Å². The van der Waals surface area contributed by atoms with Crippen LogP contribution >= 0.6 is 11.6 Å². The Hall–Kier alpha value is -2.60. The van der Waals surface area contributed by atoms with Crippen LogP contribution in [0, 0.1) is 0 Å². The molecule has 2 aromatic heterocycles. The molecular weight excluding hydrogens is 388 g/mol. The van der Waals surface area contributed by atoms with E-state index in [1.54, 1.807) is 31.5 Å². The number of nitrogens with zero attached hydrogens (tertiary/aromatic N) is 4. The Morgan fingerprint density at radius 3 is 2.76 bits per heavy atom. The van der Waals surface area contributed by atoms with Crippen LogP contribution in [0.15, 0.2) is 36.5 Å². The Morgan fingerprint density at radius 2 is 2.07 bits per heavy atom. The predicted octanol–water partition coefficient (Wildman–Crippen LogP) is 4.95. The summed E-state index contributed by atoms with van der Waals surface area (Å²) in [6.07, 6.45) is 4.66. The van der Waals surface area contributed by atoms with Crippen molar-refractivity contribution in [3.63, 3.8) is 0 Å². The van der Waals surface area contributed by atoms with Crippen molar-refractivity contribution in [1.29, 1.82) is 0 Å². The van der Waals surface area contributed by atoms with E-state index in [2.05, 4.69) is 23.4 Å². The number of methoxy groups -OCH3 is 1. The van der Waals surface area contributed by atoms with Crippen LogP contribution in [0.4, 0.5) is 0 Å². The van der Waals surface area contributed by atoms with Crippen LogP contribution in [0.25, 0.3) is 11.2 Å². The number of halogens is 1. The summed E-state index contributed by atoms with van der Waals surface area (Å²) < 4.78 is 7.31. The van der Waals surface area contributed by atoms with Gasteiger partial charge in [0.05, 0.1) is 18.7 Å². The number of carbonyl (C=O) groups is 1. The quantitative estimate of drug-likeness (QED) is 0.497. The molecule has 1 amide bonds. The first-order chi connectivity index (χ1) is 14.1. The summed E-state index contributed by atoms with van der Waals surface area (Å²) in [4.78, 5) is 24.4. The van der Waals surface area contributed by atoms with Gasteiger partial charge in [-0.15, -0.1) is 0 Å². The van der Waals surface area contributed by atoms with Gasteiger partial charge in [0.15, 0.2) is 5.65 Å². The lowest BCUT2D eigenvalue weighted by atomic mass is 10.1. The van der Waals surface area contributed by atoms with E-state index in [9.17, 15) is 4.79 Å². The molecule has 6 nitrogen and oxygen atoms in total. The summed E-state index contributed by atoms with van der Waals surface area (Å²) >= 11 is 6.24. The molecule has 0 aliphatic rings. The van der Waals surface area contributed by atoms with Gasteiger partial charge < -0.3 is 14.2 Å². The Bertz CT molecular complexity index is 986. The summed E-state index contributed by atoms with van der Waals surface area (Å²) in [7, 11) is 1.56. The van der Waals surface area contributed by atoms with E-state index in [1.807, 2.05) is 17.0 Å². The predicted molar refractivity (Wildman–Crippen MR) is 115 cm³/mol. The number of amides is 1. The van der Waals surface area contributed by atoms with Gasteiger partial charge in [-0.2, -0.15) is 0 Å². The molecule has 2 heterocycles. The fourth-order valence-corrected chi connectivity index (χ4v) is 3.60. The van der Waals surface area contributed by atoms with Crippen LogP contribution in [0.3, 0.4) is 0 Å². The Morgan fingerprint density at radius 1 is 1.24 bits per heavy atom. The van der Waals surface area contributed by atoms with Gasteiger partial charge in [0, 0.05) is 24.8 Å². The van der Waals surface area contributed by atoms with E-state index < -0.39 is 0 Å². The van der Waals surface area contributed by atoms with Gasteiger partial charge in [0.25, 0.3) is 5.91 Å². The fraction of sp³-hybridized carbons (Fsp3) is 0.409. The summed E-state index contributed by atoms with van der Waals surface area (Å²) in [6.45, 7) is 6.13. The lowest BCUT2D eigenvalue weighted by Crippen LogP contribution is -2.32. The zero-order valence-electron chi connectivity index (χ0n) is 17.2. The standard InChI is InChI=1S/C22H27ClN4O2/c1-4-6-13-26(22(28)16-9-10-19(29-3)17(23)14-16)15-20-25-18-8-7-11-24-21(18)27(20)12-5-2/h7-11,14H,4-6,12-13,15H2,1-3H3. The van der Waals surface area contributed by atoms with Crippen molar-refractivity contribution in [3.05, 3.63) is 52.9 Å². The number of fused-ring (bicyclic) bond motifs is 1. The first-order valence-electron chi connectivity index (χ1n) is 10.0. The maximum atomic E-state index is 13.3. The third kappa shape index (κ3) is 4.70. The second kappa shape index (κ2) is 9.74. The molecule has 7 heteroatoms. The van der Waals surface area contributed by atoms with E-state index in [1.165, 1.54) is 0 Å². The number of pyridine rings is 1. The topological polar surface area (TPSA) is 60.2 Å². The van der Waals surface area contributed by atoms with Gasteiger partial charge in [0.1, 0.15) is 17.1 Å². The van der Waals surface area contributed by atoms with E-state index in [0.717, 1.165) is 42.8 Å². The van der Waals surface area contributed by atoms with E-state index in [0.29, 0.717) is 29.4 Å². The fourth-order valence-electron chi connectivity index (χ4n) is 3.34. The van der Waals surface area contributed by atoms with Gasteiger partial charge in [-0.05, 0) is 43.2 Å². The molecule has 0 saturated carbocycles. The molecule has 0 unspecified atom stereocenters. The normalized spacial score (nSPS) is 11.0. The number of imidazole rings is 1. The molecular formula is C22H27ClN4O2. The molecule has 0 spiro atoms. The third-order valence-corrected chi connectivity index (χ3v) is 5.13. The van der Waals surface area contributed by atoms with Gasteiger partial charge in [-0.3, -0.25) is 4.79 Å². The second-order valence-corrected chi connectivity index (χ2v) is 7.36. The largest absolute Gasteiger partial charge is 0.495 e. The van der Waals surface area contributed by atoms with Crippen molar-refractivity contribution in [2.24, 2.45) is 0 Å². The average Bonchev–Trinajstić information content (AvgIpc) is 3.08. The number of hydrogen-bond acceptors (Lipinski definition) is 4. The van der Waals surface area contributed by atoms with Crippen molar-refractivity contribution in [3.8, 4) is 5.75 Å². The minimum atomic E-state index is -0.0638. The zero-order chi connectivity index (χ0) is 20.8. The highest BCUT2D eigenvalue weighted by atomic mass is 35.5. The van der Waals surface area contributed by atoms with Crippen molar-refractivity contribution >= 4 is 28.7 Å². The van der Waals surface area contributed by atoms with E-state index in [-0.39, 0.29) is 5.91 Å². The van der Waals surface area contributed by atoms with E-state index in [4.69, 9.17) is 21.3 Å². The molecule has 0 N–H and O–H groups in total. The number of carbonyl (C=O) groups excluding carboxylic acids is 1. The number of rotatable bonds is 9. The second-order valence-electron chi connectivity index (χ2n) is 6.96. The summed E-state index contributed by atoms with van der Waals surface area (Å²) in [5.74, 6) is 1.34. The van der Waals surface area contributed by atoms with Crippen LogP contribution < -0.4 is 4.74 Å². The maximum Gasteiger partial charge on any atom is 0.254 e. The highest BCUT2D eigenvalue weighted by Crippen LogP contribution is 2.26. The van der Waals surface area contributed by atoms with Crippen molar-refractivity contribution in [1.82, 2.24) is 19.4 Å². The van der Waals surface area contributed by atoms with Gasteiger partial charge in [-0.1, -0.05) is 31.9 Å². The minimum Gasteiger partial charge on any atom is -0.495 e. The minimum absolute atomic E-state index is 0.0638. The van der Waals surface area contributed by atoms with Crippen molar-refractivity contribution in [2.45, 2.75) is 46.2 Å². The molecule has 0 aliphatic heterocycles. The number of hydrogen-bond donors (Lipinski definition) is 0. The monoisotopic (exact) mass is 414 g/mol. The van der Waals surface area contributed by atoms with Crippen LogP contribution in [0.5, 0.6) is 5.75 Å². The molecule has 0 saturated heterocycles. The molecule has 0 fully saturated rings. The number of ether oxygens (including phenoxy) is 1. The third-order valence-electron chi connectivity index (χ3n) is 4.83. The molecule has 29 heavy (non-hydrogen) atoms. The molecule has 3 rings (SSSR count). The number of aromatic nitrogens is 3. The van der Waals surface area contributed by atoms with Crippen molar-refractivity contribution < 1.29 is 9.53 Å². The summed E-state index contributed by atoms with van der Waals surface area (Å²) in [5.41, 5.74) is 2.26. The molecule has 0 atom stereocenters. The van der Waals surface area contributed by atoms with Crippen LogP contribution in [0.2, 0.25) is 5.02 Å². The number of unbranched alkanes of at least 4 members (excludes halogenated alkanes) is 1. The lowest BCUT2D eigenvalue weighted by molar-refractivity contribution is 0.0734. The zero-order valence-corrected chi connectivity index (χ0v) is 17.9. The SMILES string of the molecule is CCCCN(Cc1nc2cccnc2n1CCC)C(=O)c1ccc(OC)c(Cl)c1. The highest BCUT2D eigenvalue weighted by molar-refractivity contribution is 6.32. The summed E-state index contributed by atoms with van der Waals surface area (Å²) in [5, 5.41) is 0.427. The summed E-state index contributed by atoms with van der Waals surface area (Å²) in [6, 6.07) is 8.98. The lowest BCUT2D eigenvalue weighted by Gasteiger charge is -2.23. The smallest absolute Gasteiger partial charge is 0.254 e. The Kier molecular flexibility index (Phi) is 7.09. The first kappa shape index (κ1) is 21.1. The maximum absolute atomic E-state index is 13.3. The van der Waals surface area contributed by atoms with Gasteiger partial charge in [-0.25, -0.2) is 9.97 Å². The molecule has 154 valence electrons. The van der Waals surface area contributed by atoms with Gasteiger partial charge >= 0.3 is 0 Å². The molecule has 1 aromatic carbocycles. The van der Waals surface area contributed by atoms with Crippen LogP contribution in [-0.2, 0) is 13.1 Å². The first-order valence-corrected chi connectivity index (χ1v) is 10.4.